The van der Waals surface area contributed by atoms with Crippen molar-refractivity contribution in [2.24, 2.45) is 5.92 Å². The fourth-order valence-corrected chi connectivity index (χ4v) is 5.97. The van der Waals surface area contributed by atoms with Gasteiger partial charge in [-0.15, -0.1) is 0 Å². The highest BCUT2D eigenvalue weighted by Crippen LogP contribution is 2.38. The average Bonchev–Trinajstić information content (AvgIpc) is 3.51. The lowest BCUT2D eigenvalue weighted by Crippen LogP contribution is -2.37. The van der Waals surface area contributed by atoms with Gasteiger partial charge in [-0.2, -0.15) is 18.3 Å². The molecule has 2 saturated heterocycles. The van der Waals surface area contributed by atoms with Crippen LogP contribution in [0.2, 0.25) is 0 Å². The number of nitrogens with zero attached hydrogens (tertiary/aromatic N) is 6. The van der Waals surface area contributed by atoms with Crippen molar-refractivity contribution < 1.29 is 27.0 Å². The van der Waals surface area contributed by atoms with Gasteiger partial charge in [-0.1, -0.05) is 6.07 Å². The van der Waals surface area contributed by atoms with Crippen LogP contribution in [0.3, 0.4) is 0 Å². The number of anilines is 3. The van der Waals surface area contributed by atoms with Gasteiger partial charge >= 0.3 is 6.18 Å². The molecule has 4 aromatic rings. The summed E-state index contributed by atoms with van der Waals surface area (Å²) >= 11 is 0. The van der Waals surface area contributed by atoms with E-state index in [1.807, 2.05) is 21.8 Å². The van der Waals surface area contributed by atoms with Gasteiger partial charge in [-0.25, -0.2) is 19.3 Å². The highest BCUT2D eigenvalue weighted by molar-refractivity contribution is 5.80. The third kappa shape index (κ3) is 6.77. The Bertz CT molecular complexity index is 1590. The zero-order valence-corrected chi connectivity index (χ0v) is 24.2. The largest absolute Gasteiger partial charge is 0.496 e. The number of aromatic nitrogens is 5. The maximum Gasteiger partial charge on any atom is 0.389 e. The molecule has 0 radical (unpaired) electrons. The van der Waals surface area contributed by atoms with Crippen LogP contribution in [0.25, 0.3) is 22.5 Å². The minimum atomic E-state index is -4.22. The van der Waals surface area contributed by atoms with Crippen molar-refractivity contribution in [3.05, 3.63) is 60.9 Å². The first-order valence-electron chi connectivity index (χ1n) is 14.6. The molecule has 1 N–H and O–H groups in total. The zero-order valence-electron chi connectivity index (χ0n) is 24.2. The van der Waals surface area contributed by atoms with Crippen LogP contribution in [0.4, 0.5) is 34.9 Å². The number of ether oxygens (including phenoxy) is 2. The Morgan fingerprint density at radius 1 is 1.07 bits per heavy atom. The summed E-state index contributed by atoms with van der Waals surface area (Å²) in [5, 5.41) is 7.78. The monoisotopic (exact) mass is 611 g/mol. The van der Waals surface area contributed by atoms with Gasteiger partial charge in [0.2, 0.25) is 0 Å². The molecule has 3 aromatic heterocycles. The van der Waals surface area contributed by atoms with Crippen LogP contribution in [0.1, 0.15) is 38.1 Å². The smallest absolute Gasteiger partial charge is 0.389 e. The van der Waals surface area contributed by atoms with Gasteiger partial charge in [-0.05, 0) is 49.8 Å². The summed E-state index contributed by atoms with van der Waals surface area (Å²) in [7, 11) is 1.44. The van der Waals surface area contributed by atoms with E-state index >= 15 is 0 Å². The standard InChI is InChI=1S/C31H33F4N7O2/c1-43-26-6-2-5-24(32)29(26)30-36-10-7-27(40-30)39-28-14-25(41-11-3-4-20(18-41)15-31(33,34)35)23(17-37-28)21-16-38-42(19-21)22-8-12-44-13-9-22/h2,5-7,10,14,16-17,19-20,22H,3-4,8-9,11-13,15,18H2,1H3,(H,36,37,39,40). The highest BCUT2D eigenvalue weighted by Gasteiger charge is 2.34. The fourth-order valence-electron chi connectivity index (χ4n) is 5.97. The van der Waals surface area contributed by atoms with Crippen molar-refractivity contribution in [3.8, 4) is 28.3 Å². The molecule has 6 rings (SSSR count). The maximum atomic E-state index is 14.7. The average molecular weight is 612 g/mol. The number of hydrogen-bond acceptors (Lipinski definition) is 8. The molecule has 0 amide bonds. The second-order valence-corrected chi connectivity index (χ2v) is 11.1. The molecular formula is C31H33F4N7O2. The Hall–Kier alpha value is -4.26. The lowest BCUT2D eigenvalue weighted by Gasteiger charge is -2.36. The lowest BCUT2D eigenvalue weighted by molar-refractivity contribution is -0.144. The Labute approximate surface area is 252 Å². The maximum absolute atomic E-state index is 14.7. The molecule has 1 atom stereocenters. The van der Waals surface area contributed by atoms with Crippen molar-refractivity contribution in [1.82, 2.24) is 24.7 Å². The van der Waals surface area contributed by atoms with Crippen LogP contribution in [-0.2, 0) is 4.74 Å². The zero-order chi connectivity index (χ0) is 30.7. The number of methoxy groups -OCH3 is 1. The molecule has 9 nitrogen and oxygen atoms in total. The second kappa shape index (κ2) is 12.8. The first-order chi connectivity index (χ1) is 21.3. The van der Waals surface area contributed by atoms with Crippen LogP contribution in [0.5, 0.6) is 5.75 Å². The van der Waals surface area contributed by atoms with Crippen molar-refractivity contribution in [1.29, 1.82) is 0 Å². The molecule has 5 heterocycles. The first-order valence-corrected chi connectivity index (χ1v) is 14.6. The third-order valence-corrected chi connectivity index (χ3v) is 8.07. The molecule has 0 bridgehead atoms. The molecule has 13 heteroatoms. The third-order valence-electron chi connectivity index (χ3n) is 8.07. The Balaban J connectivity index is 1.33. The van der Waals surface area contributed by atoms with E-state index in [2.05, 4.69) is 25.4 Å². The van der Waals surface area contributed by atoms with Crippen LogP contribution in [-0.4, -0.2) is 64.3 Å². The number of rotatable bonds is 8. The number of nitrogens with one attached hydrogen (secondary N) is 1. The highest BCUT2D eigenvalue weighted by atomic mass is 19.4. The van der Waals surface area contributed by atoms with E-state index in [0.717, 1.165) is 29.7 Å². The van der Waals surface area contributed by atoms with E-state index in [1.54, 1.807) is 30.6 Å². The summed E-state index contributed by atoms with van der Waals surface area (Å²) in [6.07, 6.45) is 4.80. The van der Waals surface area contributed by atoms with Gasteiger partial charge in [0.05, 0.1) is 24.9 Å². The van der Waals surface area contributed by atoms with Gasteiger partial charge in [0.25, 0.3) is 0 Å². The fraction of sp³-hybridized carbons (Fsp3) is 0.419. The summed E-state index contributed by atoms with van der Waals surface area (Å²) in [4.78, 5) is 15.4. The molecule has 2 aliphatic rings. The molecular weight excluding hydrogens is 578 g/mol. The summed E-state index contributed by atoms with van der Waals surface area (Å²) in [5.41, 5.74) is 2.50. The molecule has 1 aromatic carbocycles. The van der Waals surface area contributed by atoms with Crippen molar-refractivity contribution in [2.45, 2.75) is 44.3 Å². The van der Waals surface area contributed by atoms with E-state index in [4.69, 9.17) is 9.47 Å². The summed E-state index contributed by atoms with van der Waals surface area (Å²) in [6.45, 7) is 2.24. The first kappa shape index (κ1) is 29.8. The van der Waals surface area contributed by atoms with E-state index in [-0.39, 0.29) is 24.0 Å². The Morgan fingerprint density at radius 3 is 2.70 bits per heavy atom. The minimum absolute atomic E-state index is 0.133. The van der Waals surface area contributed by atoms with Gasteiger partial charge in [0.1, 0.15) is 23.2 Å². The van der Waals surface area contributed by atoms with E-state index < -0.39 is 24.3 Å². The molecule has 232 valence electrons. The molecule has 0 aliphatic carbocycles. The number of benzene rings is 1. The predicted molar refractivity (Wildman–Crippen MR) is 157 cm³/mol. The van der Waals surface area contributed by atoms with Crippen molar-refractivity contribution in [3.63, 3.8) is 0 Å². The number of halogens is 4. The van der Waals surface area contributed by atoms with E-state index in [9.17, 15) is 17.6 Å². The normalized spacial score (nSPS) is 17.9. The van der Waals surface area contributed by atoms with Gasteiger partial charge in [-0.3, -0.25) is 4.68 Å². The summed E-state index contributed by atoms with van der Waals surface area (Å²) < 4.78 is 67.4. The number of hydrogen-bond donors (Lipinski definition) is 1. The van der Waals surface area contributed by atoms with E-state index in [0.29, 0.717) is 50.0 Å². The Morgan fingerprint density at radius 2 is 1.91 bits per heavy atom. The summed E-state index contributed by atoms with van der Waals surface area (Å²) in [6, 6.07) is 8.15. The van der Waals surface area contributed by atoms with Gasteiger partial charge in [0, 0.05) is 74.2 Å². The molecule has 44 heavy (non-hydrogen) atoms. The lowest BCUT2D eigenvalue weighted by atomic mass is 9.93. The van der Waals surface area contributed by atoms with E-state index in [1.165, 1.54) is 19.4 Å². The minimum Gasteiger partial charge on any atom is -0.496 e. The van der Waals surface area contributed by atoms with Crippen molar-refractivity contribution >= 4 is 17.3 Å². The topological polar surface area (TPSA) is 90.2 Å². The molecule has 2 fully saturated rings. The molecule has 2 aliphatic heterocycles. The van der Waals surface area contributed by atoms with Crippen LogP contribution in [0, 0.1) is 11.7 Å². The molecule has 0 saturated carbocycles. The SMILES string of the molecule is COc1cccc(F)c1-c1nccc(Nc2cc(N3CCCC(CC(F)(F)F)C3)c(-c3cnn(C4CCOCC4)c3)cn2)n1. The summed E-state index contributed by atoms with van der Waals surface area (Å²) in [5.74, 6) is 0.202. The van der Waals surface area contributed by atoms with Gasteiger partial charge in [0.15, 0.2) is 5.82 Å². The van der Waals surface area contributed by atoms with Crippen molar-refractivity contribution in [2.75, 3.05) is 43.6 Å². The Kier molecular flexibility index (Phi) is 8.65. The molecule has 1 unspecified atom stereocenters. The quantitative estimate of drug-likeness (QED) is 0.217. The second-order valence-electron chi connectivity index (χ2n) is 11.1. The van der Waals surface area contributed by atoms with Crippen LogP contribution in [0.15, 0.2) is 55.1 Å². The molecule has 0 spiro atoms. The van der Waals surface area contributed by atoms with Crippen LogP contribution < -0.4 is 15.0 Å². The number of piperidine rings is 1. The predicted octanol–water partition coefficient (Wildman–Crippen LogP) is 6.81. The van der Waals surface area contributed by atoms with Crippen LogP contribution >= 0.6 is 0 Å². The van der Waals surface area contributed by atoms with Gasteiger partial charge < -0.3 is 19.7 Å². The number of alkyl halides is 3. The number of pyridine rings is 1.